The molecular weight excluding hydrogens is 674 g/mol. The van der Waals surface area contributed by atoms with Crippen LogP contribution >= 0.6 is 0 Å². The molecule has 53 heavy (non-hydrogen) atoms. The Hall–Kier alpha value is -4.78. The van der Waals surface area contributed by atoms with Crippen LogP contribution < -0.4 is 32.3 Å². The molecule has 0 heterocycles. The zero-order valence-corrected chi connectivity index (χ0v) is 32.4. The van der Waals surface area contributed by atoms with Crippen molar-refractivity contribution in [2.75, 3.05) is 13.1 Å². The summed E-state index contributed by atoms with van der Waals surface area (Å²) in [5, 5.41) is 13.7. The number of benzene rings is 2. The molecule has 0 fully saturated rings. The van der Waals surface area contributed by atoms with Crippen LogP contribution in [-0.4, -0.2) is 89.7 Å². The molecule has 0 aromatic heterocycles. The van der Waals surface area contributed by atoms with Gasteiger partial charge in [0.15, 0.2) is 0 Å². The van der Waals surface area contributed by atoms with Crippen molar-refractivity contribution in [3.05, 3.63) is 71.8 Å². The van der Waals surface area contributed by atoms with Crippen molar-refractivity contribution >= 4 is 35.4 Å². The van der Waals surface area contributed by atoms with Crippen molar-refractivity contribution < 1.29 is 28.8 Å². The standard InChI is InChI=1S/C40H61N7O6/c1-8-47(27(4)5)22-16-15-21-32(38(51)42-28(6)36(41)49)45-40(53)34(25-31-19-13-10-14-20-31)46-37(50)29(7)43-39(52)33(44-35(48)23-26(2)3)24-30-17-11-9-12-18-30/h9-14,17-20,26-29,32-34H,8,15-16,21-25H2,1-7H3,(H2,41,49)(H,42,51)(H,43,52)(H,44,48)(H,45,53)(H,46,50)/t28-,29-,32-,33-,34-/m0/s1. The number of primary amides is 1. The number of carbonyl (C=O) groups excluding carboxylic acids is 6. The lowest BCUT2D eigenvalue weighted by Crippen LogP contribution is -2.59. The third kappa shape index (κ3) is 16.6. The number of nitrogens with one attached hydrogen (secondary N) is 5. The second kappa shape index (κ2) is 23.0. The molecule has 0 aliphatic carbocycles. The zero-order chi connectivity index (χ0) is 39.5. The molecular formula is C40H61N7O6. The Bertz CT molecular complexity index is 1470. The molecule has 13 nitrogen and oxygen atoms in total. The average molecular weight is 736 g/mol. The van der Waals surface area contributed by atoms with Gasteiger partial charge in [-0.15, -0.1) is 0 Å². The van der Waals surface area contributed by atoms with Gasteiger partial charge in [-0.1, -0.05) is 81.4 Å². The van der Waals surface area contributed by atoms with Crippen LogP contribution in [0.25, 0.3) is 0 Å². The smallest absolute Gasteiger partial charge is 0.243 e. The van der Waals surface area contributed by atoms with Crippen LogP contribution in [0.3, 0.4) is 0 Å². The van der Waals surface area contributed by atoms with Crippen molar-refractivity contribution in [3.8, 4) is 0 Å². The van der Waals surface area contributed by atoms with E-state index in [1.807, 2.05) is 74.5 Å². The van der Waals surface area contributed by atoms with Gasteiger partial charge in [0.05, 0.1) is 0 Å². The van der Waals surface area contributed by atoms with Crippen molar-refractivity contribution in [2.45, 2.75) is 123 Å². The number of rotatable bonds is 23. The fourth-order valence-corrected chi connectivity index (χ4v) is 5.79. The molecule has 0 bridgehead atoms. The number of unbranched alkanes of at least 4 members (excludes halogenated alkanes) is 1. The van der Waals surface area contributed by atoms with Gasteiger partial charge < -0.3 is 37.2 Å². The van der Waals surface area contributed by atoms with Crippen LogP contribution in [0.5, 0.6) is 0 Å². The number of amides is 6. The molecule has 0 aliphatic rings. The highest BCUT2D eigenvalue weighted by atomic mass is 16.2. The molecule has 0 spiro atoms. The summed E-state index contributed by atoms with van der Waals surface area (Å²) in [5.41, 5.74) is 6.99. The lowest BCUT2D eigenvalue weighted by atomic mass is 10.0. The minimum Gasteiger partial charge on any atom is -0.368 e. The number of nitrogens with zero attached hydrogens (tertiary/aromatic N) is 1. The van der Waals surface area contributed by atoms with E-state index >= 15 is 0 Å². The highest BCUT2D eigenvalue weighted by Crippen LogP contribution is 2.10. The van der Waals surface area contributed by atoms with Crippen LogP contribution in [0, 0.1) is 5.92 Å². The van der Waals surface area contributed by atoms with E-state index in [4.69, 9.17) is 5.73 Å². The van der Waals surface area contributed by atoms with Gasteiger partial charge >= 0.3 is 0 Å². The van der Waals surface area contributed by atoms with E-state index in [2.05, 4.69) is 52.3 Å². The molecule has 2 rings (SSSR count). The summed E-state index contributed by atoms with van der Waals surface area (Å²) in [6, 6.07) is 13.6. The molecule has 0 aliphatic heterocycles. The second-order valence-corrected chi connectivity index (χ2v) is 14.3. The second-order valence-electron chi connectivity index (χ2n) is 14.3. The first-order valence-corrected chi connectivity index (χ1v) is 18.7. The maximum Gasteiger partial charge on any atom is 0.243 e. The first-order valence-electron chi connectivity index (χ1n) is 18.7. The number of hydrogen-bond donors (Lipinski definition) is 6. The Morgan fingerprint density at radius 3 is 1.57 bits per heavy atom. The van der Waals surface area contributed by atoms with Crippen LogP contribution in [0.4, 0.5) is 0 Å². The topological polar surface area (TPSA) is 192 Å². The van der Waals surface area contributed by atoms with Gasteiger partial charge in [-0.2, -0.15) is 0 Å². The number of nitrogens with two attached hydrogens (primary N) is 1. The molecule has 0 radical (unpaired) electrons. The Balaban J connectivity index is 2.25. The molecule has 6 amide bonds. The van der Waals surface area contributed by atoms with Gasteiger partial charge in [0, 0.05) is 25.3 Å². The summed E-state index contributed by atoms with van der Waals surface area (Å²) < 4.78 is 0. The quantitative estimate of drug-likeness (QED) is 0.0944. The third-order valence-electron chi connectivity index (χ3n) is 8.94. The minimum atomic E-state index is -1.12. The normalized spacial score (nSPS) is 14.1. The molecule has 0 saturated heterocycles. The number of hydrogen-bond acceptors (Lipinski definition) is 7. The van der Waals surface area contributed by atoms with E-state index in [1.54, 1.807) is 0 Å². The van der Waals surface area contributed by atoms with E-state index in [0.29, 0.717) is 18.9 Å². The summed E-state index contributed by atoms with van der Waals surface area (Å²) in [7, 11) is 0. The van der Waals surface area contributed by atoms with Gasteiger partial charge in [0.25, 0.3) is 0 Å². The first kappa shape index (κ1) is 44.4. The molecule has 292 valence electrons. The summed E-state index contributed by atoms with van der Waals surface area (Å²) in [6.07, 6.45) is 2.25. The predicted octanol–water partition coefficient (Wildman–Crippen LogP) is 2.37. The maximum atomic E-state index is 13.9. The van der Waals surface area contributed by atoms with E-state index in [9.17, 15) is 28.8 Å². The van der Waals surface area contributed by atoms with Crippen LogP contribution in [0.2, 0.25) is 0 Å². The summed E-state index contributed by atoms with van der Waals surface area (Å²) in [5.74, 6) is -3.24. The predicted molar refractivity (Wildman–Crippen MR) is 206 cm³/mol. The van der Waals surface area contributed by atoms with E-state index < -0.39 is 59.7 Å². The fraction of sp³-hybridized carbons (Fsp3) is 0.550. The lowest BCUT2D eigenvalue weighted by Gasteiger charge is -2.27. The number of carbonyl (C=O) groups is 6. The Morgan fingerprint density at radius 2 is 1.08 bits per heavy atom. The van der Waals surface area contributed by atoms with Crippen LogP contribution in [0.1, 0.15) is 85.3 Å². The molecule has 2 aromatic rings. The van der Waals surface area contributed by atoms with Gasteiger partial charge in [0.1, 0.15) is 30.2 Å². The molecule has 0 saturated carbocycles. The van der Waals surface area contributed by atoms with E-state index in [1.165, 1.54) is 13.8 Å². The monoisotopic (exact) mass is 735 g/mol. The van der Waals surface area contributed by atoms with Crippen molar-refractivity contribution in [3.63, 3.8) is 0 Å². The van der Waals surface area contributed by atoms with Crippen molar-refractivity contribution in [1.29, 1.82) is 0 Å². The molecule has 7 N–H and O–H groups in total. The lowest BCUT2D eigenvalue weighted by molar-refractivity contribution is -0.134. The highest BCUT2D eigenvalue weighted by molar-refractivity contribution is 5.96. The Kier molecular flexibility index (Phi) is 19.3. The maximum absolute atomic E-state index is 13.9. The summed E-state index contributed by atoms with van der Waals surface area (Å²) in [4.78, 5) is 81.1. The fourth-order valence-electron chi connectivity index (χ4n) is 5.79. The third-order valence-corrected chi connectivity index (χ3v) is 8.94. The van der Waals surface area contributed by atoms with Crippen LogP contribution in [0.15, 0.2) is 60.7 Å². The molecule has 0 unspecified atom stereocenters. The van der Waals surface area contributed by atoms with Crippen molar-refractivity contribution in [2.24, 2.45) is 11.7 Å². The van der Waals surface area contributed by atoms with Gasteiger partial charge in [-0.3, -0.25) is 28.8 Å². The first-order chi connectivity index (χ1) is 25.1. The van der Waals surface area contributed by atoms with Gasteiger partial charge in [0.2, 0.25) is 35.4 Å². The minimum absolute atomic E-state index is 0.0846. The summed E-state index contributed by atoms with van der Waals surface area (Å²) in [6.45, 7) is 14.8. The van der Waals surface area contributed by atoms with Crippen LogP contribution in [-0.2, 0) is 41.6 Å². The van der Waals surface area contributed by atoms with E-state index in [-0.39, 0.29) is 31.1 Å². The zero-order valence-electron chi connectivity index (χ0n) is 32.4. The Morgan fingerprint density at radius 1 is 0.604 bits per heavy atom. The highest BCUT2D eigenvalue weighted by Gasteiger charge is 2.31. The van der Waals surface area contributed by atoms with Gasteiger partial charge in [-0.25, -0.2) is 0 Å². The van der Waals surface area contributed by atoms with Crippen molar-refractivity contribution in [1.82, 2.24) is 31.5 Å². The largest absolute Gasteiger partial charge is 0.368 e. The molecule has 13 heteroatoms. The average Bonchev–Trinajstić information content (AvgIpc) is 3.10. The SMILES string of the molecule is CCN(CCCC[C@H](NC(=O)[C@H](Cc1ccccc1)NC(=O)[C@H](C)NC(=O)[C@H](Cc1ccccc1)NC(=O)CC(C)C)C(=O)N[C@@H](C)C(N)=O)C(C)C. The molecule has 2 aromatic carbocycles. The Labute approximate surface area is 315 Å². The van der Waals surface area contributed by atoms with Gasteiger partial charge in [-0.05, 0) is 77.1 Å². The van der Waals surface area contributed by atoms with E-state index in [0.717, 1.165) is 30.6 Å². The molecule has 5 atom stereocenters. The summed E-state index contributed by atoms with van der Waals surface area (Å²) >= 11 is 0.